The maximum absolute atomic E-state index is 13.8. The fourth-order valence-corrected chi connectivity index (χ4v) is 5.20. The van der Waals surface area contributed by atoms with E-state index in [1.807, 2.05) is 0 Å². The molecule has 2 nitrogen and oxygen atoms in total. The first-order chi connectivity index (χ1) is 12.1. The Balaban J connectivity index is 2.49. The lowest BCUT2D eigenvalue weighted by Gasteiger charge is -2.32. The molecule has 1 radical (unpaired) electrons. The highest BCUT2D eigenvalue weighted by Gasteiger charge is 2.80. The van der Waals surface area contributed by atoms with E-state index in [9.17, 15) is 35.3 Å². The predicted molar refractivity (Wildman–Crippen MR) is 93.3 cm³/mol. The van der Waals surface area contributed by atoms with Gasteiger partial charge in [-0.25, -0.2) is 4.98 Å². The molecule has 13 heteroatoms. The van der Waals surface area contributed by atoms with Crippen LogP contribution >= 0.6 is 43.5 Å². The largest absolute Gasteiger partial charge is 0.607 e. The van der Waals surface area contributed by atoms with Gasteiger partial charge in [0.05, 0.1) is 15.5 Å². The van der Waals surface area contributed by atoms with Gasteiger partial charge in [0.25, 0.3) is 0 Å². The molecule has 1 aromatic heterocycles. The molecule has 0 saturated carbocycles. The molecule has 1 aromatic rings. The Kier molecular flexibility index (Phi) is 6.39. The molecule has 0 saturated heterocycles. The molecule has 1 heterocycles. The molecule has 2 unspecified atom stereocenters. The van der Waals surface area contributed by atoms with E-state index in [4.69, 9.17) is 11.6 Å². The molecule has 149 valence electrons. The number of alkyl halides is 8. The zero-order chi connectivity index (χ0) is 20.8. The Morgan fingerprint density at radius 3 is 2.19 bits per heavy atom. The SMILES string of the molecule is [O-][S+](C1=CC(Br)(c2ccc(Cl)nc2)[CH]C(Br)=C1)C(F)(F)C(F)(F)C(F)(F)F. The maximum atomic E-state index is 13.8. The normalized spacial score (nSPS) is 22.9. The summed E-state index contributed by atoms with van der Waals surface area (Å²) in [4.78, 5) is 2.83. The molecule has 0 fully saturated rings. The van der Waals surface area contributed by atoms with Gasteiger partial charge in [0.15, 0.2) is 4.91 Å². The van der Waals surface area contributed by atoms with E-state index in [-0.39, 0.29) is 15.2 Å². The predicted octanol–water partition coefficient (Wildman–Crippen LogP) is 6.24. The molecule has 0 aromatic carbocycles. The van der Waals surface area contributed by atoms with Gasteiger partial charge < -0.3 is 4.55 Å². The van der Waals surface area contributed by atoms with Gasteiger partial charge in [-0.15, -0.1) is 8.78 Å². The summed E-state index contributed by atoms with van der Waals surface area (Å²) >= 11 is 7.72. The second-order valence-electron chi connectivity index (χ2n) is 5.22. The van der Waals surface area contributed by atoms with Gasteiger partial charge in [-0.1, -0.05) is 49.5 Å². The molecule has 0 N–H and O–H groups in total. The summed E-state index contributed by atoms with van der Waals surface area (Å²) in [5, 5.41) is -5.80. The summed E-state index contributed by atoms with van der Waals surface area (Å²) in [6, 6.07) is 2.75. The van der Waals surface area contributed by atoms with Crippen molar-refractivity contribution in [3.8, 4) is 0 Å². The number of allylic oxidation sites excluding steroid dienone is 3. The van der Waals surface area contributed by atoms with Gasteiger partial charge in [-0.05, 0) is 17.7 Å². The summed E-state index contributed by atoms with van der Waals surface area (Å²) in [5.41, 5.74) is 0.275. The number of aromatic nitrogens is 1. The van der Waals surface area contributed by atoms with Crippen LogP contribution in [0.5, 0.6) is 0 Å². The van der Waals surface area contributed by atoms with Gasteiger partial charge in [0.2, 0.25) is 0 Å². The monoisotopic (exact) mass is 562 g/mol. The third kappa shape index (κ3) is 4.34. The fourth-order valence-electron chi connectivity index (χ4n) is 1.97. The number of pyridine rings is 1. The summed E-state index contributed by atoms with van der Waals surface area (Å²) in [6.07, 6.45) is -2.39. The topological polar surface area (TPSA) is 36.0 Å². The lowest BCUT2D eigenvalue weighted by Crippen LogP contribution is -2.56. The highest BCUT2D eigenvalue weighted by atomic mass is 79.9. The van der Waals surface area contributed by atoms with Crippen molar-refractivity contribution < 1.29 is 35.3 Å². The molecule has 0 aliphatic heterocycles. The van der Waals surface area contributed by atoms with Gasteiger partial charge in [-0.3, -0.25) is 0 Å². The van der Waals surface area contributed by atoms with Crippen LogP contribution in [0.1, 0.15) is 5.56 Å². The molecule has 1 aliphatic rings. The van der Waals surface area contributed by atoms with Gasteiger partial charge in [-0.2, -0.15) is 22.0 Å². The van der Waals surface area contributed by atoms with Crippen LogP contribution in [0.25, 0.3) is 0 Å². The van der Waals surface area contributed by atoms with Crippen molar-refractivity contribution >= 4 is 54.6 Å². The van der Waals surface area contributed by atoms with E-state index in [0.717, 1.165) is 12.2 Å². The minimum Gasteiger partial charge on any atom is -0.607 e. The van der Waals surface area contributed by atoms with Crippen LogP contribution in [0, 0.1) is 6.42 Å². The molecule has 2 rings (SSSR count). The van der Waals surface area contributed by atoms with Crippen LogP contribution in [-0.2, 0) is 15.5 Å². The summed E-state index contributed by atoms with van der Waals surface area (Å²) in [6.45, 7) is 0. The molecule has 27 heavy (non-hydrogen) atoms. The van der Waals surface area contributed by atoms with Crippen molar-refractivity contribution in [1.29, 1.82) is 0 Å². The van der Waals surface area contributed by atoms with Crippen molar-refractivity contribution in [3.63, 3.8) is 0 Å². The van der Waals surface area contributed by atoms with E-state index in [0.29, 0.717) is 0 Å². The molecule has 2 atom stereocenters. The van der Waals surface area contributed by atoms with Crippen LogP contribution in [0.2, 0.25) is 5.15 Å². The van der Waals surface area contributed by atoms with E-state index in [2.05, 4.69) is 36.8 Å². The Hall–Kier alpha value is -0.300. The number of halogens is 10. The zero-order valence-corrected chi connectivity index (χ0v) is 17.3. The van der Waals surface area contributed by atoms with Crippen LogP contribution < -0.4 is 0 Å². The average Bonchev–Trinajstić information content (AvgIpc) is 2.52. The van der Waals surface area contributed by atoms with E-state index < -0.39 is 37.8 Å². The molecule has 0 amide bonds. The number of rotatable bonds is 4. The Morgan fingerprint density at radius 1 is 1.11 bits per heavy atom. The summed E-state index contributed by atoms with van der Waals surface area (Å²) in [5.74, 6) is -6.50. The van der Waals surface area contributed by atoms with Gasteiger partial charge >= 0.3 is 17.4 Å². The Bertz CT molecular complexity index is 785. The van der Waals surface area contributed by atoms with Gasteiger partial charge in [0.1, 0.15) is 5.15 Å². The average molecular weight is 565 g/mol. The highest BCUT2D eigenvalue weighted by molar-refractivity contribution is 9.12. The Morgan fingerprint density at radius 2 is 1.70 bits per heavy atom. The van der Waals surface area contributed by atoms with Crippen molar-refractivity contribution in [1.82, 2.24) is 4.98 Å². The standard InChI is InChI=1S/C14H6Br2ClF7NOS/c15-8-3-9(27(26)14(23,24)12(18,19)13(20,21)22)5-11(16,4-8)7-1-2-10(17)25-6-7/h1-6H. The molecule has 0 spiro atoms. The first kappa shape index (κ1) is 23.0. The molecular weight excluding hydrogens is 558 g/mol. The summed E-state index contributed by atoms with van der Waals surface area (Å²) in [7, 11) is 0. The smallest absolute Gasteiger partial charge is 0.486 e. The van der Waals surface area contributed by atoms with E-state index in [1.54, 1.807) is 0 Å². The Labute approximate surface area is 173 Å². The second kappa shape index (κ2) is 7.51. The van der Waals surface area contributed by atoms with Crippen molar-refractivity contribution in [2.24, 2.45) is 0 Å². The lowest BCUT2D eigenvalue weighted by molar-refractivity contribution is -0.331. The number of hydrogen-bond donors (Lipinski definition) is 0. The van der Waals surface area contributed by atoms with E-state index in [1.165, 1.54) is 24.8 Å². The molecular formula is C14H6Br2ClF7NOS. The fraction of sp³-hybridized carbons (Fsp3) is 0.286. The van der Waals surface area contributed by atoms with E-state index >= 15 is 0 Å². The zero-order valence-electron chi connectivity index (χ0n) is 12.5. The minimum atomic E-state index is -6.58. The lowest BCUT2D eigenvalue weighted by atomic mass is 9.93. The third-order valence-electron chi connectivity index (χ3n) is 3.32. The van der Waals surface area contributed by atoms with Crippen molar-refractivity contribution in [2.75, 3.05) is 0 Å². The van der Waals surface area contributed by atoms with Crippen LogP contribution in [0.15, 0.2) is 39.9 Å². The second-order valence-corrected chi connectivity index (χ2v) is 9.35. The molecule has 1 aliphatic carbocycles. The quantitative estimate of drug-likeness (QED) is 0.188. The van der Waals surface area contributed by atoms with Crippen molar-refractivity contribution in [3.05, 3.63) is 57.0 Å². The number of nitrogens with zero attached hydrogens (tertiary/aromatic N) is 1. The first-order valence-corrected chi connectivity index (χ1v) is 9.74. The van der Waals surface area contributed by atoms with Gasteiger partial charge in [0, 0.05) is 23.2 Å². The maximum Gasteiger partial charge on any atom is 0.486 e. The number of hydrogen-bond acceptors (Lipinski definition) is 2. The minimum absolute atomic E-state index is 0.0197. The van der Waals surface area contributed by atoms with Crippen LogP contribution in [0.4, 0.5) is 30.7 Å². The van der Waals surface area contributed by atoms with Crippen LogP contribution in [0.3, 0.4) is 0 Å². The molecule has 0 bridgehead atoms. The van der Waals surface area contributed by atoms with Crippen molar-refractivity contribution in [2.45, 2.75) is 21.7 Å². The van der Waals surface area contributed by atoms with Crippen LogP contribution in [-0.4, -0.2) is 26.9 Å². The third-order valence-corrected chi connectivity index (χ3v) is 6.30. The highest BCUT2D eigenvalue weighted by Crippen LogP contribution is 2.53. The summed E-state index contributed by atoms with van der Waals surface area (Å²) < 4.78 is 102. The first-order valence-electron chi connectivity index (χ1n) is 6.63.